The molecule has 2 rings (SSSR count). The molecule has 0 aromatic heterocycles. The number of carbonyl (C=O) groups excluding carboxylic acids is 1. The highest BCUT2D eigenvalue weighted by atomic mass is 35.5. The number of hydrogen-bond donors (Lipinski definition) is 1. The third-order valence-electron chi connectivity index (χ3n) is 3.96. The first-order chi connectivity index (χ1) is 10.1. The fraction of sp³-hybridized carbons (Fsp3) is 0.533. The quantitative estimate of drug-likeness (QED) is 0.491. The van der Waals surface area contributed by atoms with Crippen molar-refractivity contribution in [3.63, 3.8) is 0 Å². The lowest BCUT2D eigenvalue weighted by molar-refractivity contribution is -0.384. The highest BCUT2D eigenvalue weighted by molar-refractivity contribution is 6.34. The Bertz CT molecular complexity index is 528. The van der Waals surface area contributed by atoms with Gasteiger partial charge in [-0.2, -0.15) is 0 Å². The molecule has 0 unspecified atom stereocenters. The van der Waals surface area contributed by atoms with Crippen LogP contribution < -0.4 is 5.32 Å². The van der Waals surface area contributed by atoms with Gasteiger partial charge in [0.2, 0.25) is 0 Å². The molecule has 1 aromatic rings. The number of nitro groups is 1. The van der Waals surface area contributed by atoms with Gasteiger partial charge in [-0.15, -0.1) is 0 Å². The van der Waals surface area contributed by atoms with Gasteiger partial charge in [-0.1, -0.05) is 37.3 Å². The zero-order valence-electron chi connectivity index (χ0n) is 11.8. The van der Waals surface area contributed by atoms with Crippen LogP contribution >= 0.6 is 11.6 Å². The average molecular weight is 311 g/mol. The molecule has 1 aliphatic rings. The SMILES string of the molecule is O=C(NCCCC1CCCC1)c1ccc([N+](=O)[O-])cc1Cl. The van der Waals surface area contributed by atoms with Crippen molar-refractivity contribution >= 4 is 23.2 Å². The first kappa shape index (κ1) is 15.8. The Kier molecular flexibility index (Phi) is 5.56. The van der Waals surface area contributed by atoms with Gasteiger partial charge in [-0.05, 0) is 24.8 Å². The summed E-state index contributed by atoms with van der Waals surface area (Å²) >= 11 is 5.92. The first-order valence-electron chi connectivity index (χ1n) is 7.30. The number of non-ortho nitro benzene ring substituents is 1. The van der Waals surface area contributed by atoms with Gasteiger partial charge >= 0.3 is 0 Å². The van der Waals surface area contributed by atoms with E-state index in [-0.39, 0.29) is 22.2 Å². The molecule has 0 aliphatic heterocycles. The molecule has 1 aliphatic carbocycles. The lowest BCUT2D eigenvalue weighted by atomic mass is 10.0. The van der Waals surface area contributed by atoms with Gasteiger partial charge in [0.1, 0.15) is 0 Å². The molecule has 1 fully saturated rings. The van der Waals surface area contributed by atoms with Crippen LogP contribution in [-0.2, 0) is 0 Å². The Morgan fingerprint density at radius 3 is 2.71 bits per heavy atom. The van der Waals surface area contributed by atoms with Gasteiger partial charge in [0, 0.05) is 18.7 Å². The van der Waals surface area contributed by atoms with E-state index >= 15 is 0 Å². The van der Waals surface area contributed by atoms with Crippen LogP contribution in [0.4, 0.5) is 5.69 Å². The molecule has 1 aromatic carbocycles. The van der Waals surface area contributed by atoms with Crippen molar-refractivity contribution in [2.24, 2.45) is 5.92 Å². The van der Waals surface area contributed by atoms with Gasteiger partial charge < -0.3 is 5.32 Å². The Labute approximate surface area is 128 Å². The van der Waals surface area contributed by atoms with E-state index in [1.54, 1.807) is 0 Å². The summed E-state index contributed by atoms with van der Waals surface area (Å²) in [6.07, 6.45) is 7.38. The van der Waals surface area contributed by atoms with Crippen molar-refractivity contribution in [1.29, 1.82) is 0 Å². The molecule has 0 radical (unpaired) electrons. The summed E-state index contributed by atoms with van der Waals surface area (Å²) in [7, 11) is 0. The second-order valence-electron chi connectivity index (χ2n) is 5.47. The van der Waals surface area contributed by atoms with Crippen molar-refractivity contribution < 1.29 is 9.72 Å². The molecule has 0 heterocycles. The van der Waals surface area contributed by atoms with E-state index in [0.717, 1.165) is 18.8 Å². The largest absolute Gasteiger partial charge is 0.352 e. The number of amides is 1. The van der Waals surface area contributed by atoms with Crippen LogP contribution in [0.1, 0.15) is 48.9 Å². The van der Waals surface area contributed by atoms with Gasteiger partial charge in [-0.25, -0.2) is 0 Å². The standard InChI is InChI=1S/C15H19ClN2O3/c16-14-10-12(18(20)21)7-8-13(14)15(19)17-9-3-6-11-4-1-2-5-11/h7-8,10-11H,1-6,9H2,(H,17,19). The molecular weight excluding hydrogens is 292 g/mol. The molecule has 5 nitrogen and oxygen atoms in total. The molecule has 114 valence electrons. The molecule has 1 N–H and O–H groups in total. The van der Waals surface area contributed by atoms with Crippen molar-refractivity contribution in [3.8, 4) is 0 Å². The third-order valence-corrected chi connectivity index (χ3v) is 4.27. The van der Waals surface area contributed by atoms with Crippen LogP contribution in [0.25, 0.3) is 0 Å². The van der Waals surface area contributed by atoms with Gasteiger partial charge in [0.25, 0.3) is 11.6 Å². The van der Waals surface area contributed by atoms with Crippen molar-refractivity contribution in [3.05, 3.63) is 38.9 Å². The number of rotatable bonds is 6. The highest BCUT2D eigenvalue weighted by Crippen LogP contribution is 2.28. The molecule has 0 spiro atoms. The van der Waals surface area contributed by atoms with Gasteiger partial charge in [-0.3, -0.25) is 14.9 Å². The fourth-order valence-corrected chi connectivity index (χ4v) is 3.05. The van der Waals surface area contributed by atoms with Crippen LogP contribution in [0, 0.1) is 16.0 Å². The van der Waals surface area contributed by atoms with Crippen molar-refractivity contribution in [2.45, 2.75) is 38.5 Å². The maximum atomic E-state index is 12.0. The normalized spacial score (nSPS) is 15.1. The summed E-state index contributed by atoms with van der Waals surface area (Å²) in [4.78, 5) is 22.1. The van der Waals surface area contributed by atoms with Crippen LogP contribution in [-0.4, -0.2) is 17.4 Å². The maximum Gasteiger partial charge on any atom is 0.270 e. The third kappa shape index (κ3) is 4.43. The molecule has 0 atom stereocenters. The fourth-order valence-electron chi connectivity index (χ4n) is 2.79. The summed E-state index contributed by atoms with van der Waals surface area (Å²) < 4.78 is 0. The summed E-state index contributed by atoms with van der Waals surface area (Å²) in [6, 6.07) is 3.89. The minimum atomic E-state index is -0.533. The number of nitrogens with one attached hydrogen (secondary N) is 1. The lowest BCUT2D eigenvalue weighted by Crippen LogP contribution is -2.25. The molecule has 6 heteroatoms. The Balaban J connectivity index is 1.81. The zero-order chi connectivity index (χ0) is 15.2. The van der Waals surface area contributed by atoms with Crippen LogP contribution in [0.15, 0.2) is 18.2 Å². The predicted octanol–water partition coefficient (Wildman–Crippen LogP) is 3.95. The first-order valence-corrected chi connectivity index (χ1v) is 7.68. The minimum absolute atomic E-state index is 0.109. The average Bonchev–Trinajstić information content (AvgIpc) is 2.96. The van der Waals surface area contributed by atoms with Crippen molar-refractivity contribution in [2.75, 3.05) is 6.54 Å². The van der Waals surface area contributed by atoms with Crippen LogP contribution in [0.2, 0.25) is 5.02 Å². The van der Waals surface area contributed by atoms with Gasteiger partial charge in [0.05, 0.1) is 15.5 Å². The monoisotopic (exact) mass is 310 g/mol. The molecule has 1 saturated carbocycles. The summed E-state index contributed by atoms with van der Waals surface area (Å²) in [5, 5.41) is 13.5. The number of nitrogens with zero attached hydrogens (tertiary/aromatic N) is 1. The zero-order valence-corrected chi connectivity index (χ0v) is 12.6. The number of nitro benzene ring substituents is 1. The molecule has 0 saturated heterocycles. The topological polar surface area (TPSA) is 72.2 Å². The number of carbonyl (C=O) groups is 1. The minimum Gasteiger partial charge on any atom is -0.352 e. The molecule has 21 heavy (non-hydrogen) atoms. The molecule has 0 bridgehead atoms. The molecule has 1 amide bonds. The number of benzene rings is 1. The van der Waals surface area contributed by atoms with E-state index < -0.39 is 4.92 Å². The Morgan fingerprint density at radius 1 is 1.38 bits per heavy atom. The lowest BCUT2D eigenvalue weighted by Gasteiger charge is -2.10. The van der Waals surface area contributed by atoms with E-state index in [1.807, 2.05) is 0 Å². The molecular formula is C15H19ClN2O3. The maximum absolute atomic E-state index is 12.0. The van der Waals surface area contributed by atoms with E-state index in [1.165, 1.54) is 43.9 Å². The van der Waals surface area contributed by atoms with Crippen LogP contribution in [0.5, 0.6) is 0 Å². The van der Waals surface area contributed by atoms with Crippen LogP contribution in [0.3, 0.4) is 0 Å². The number of hydrogen-bond acceptors (Lipinski definition) is 3. The van der Waals surface area contributed by atoms with E-state index in [0.29, 0.717) is 6.54 Å². The van der Waals surface area contributed by atoms with E-state index in [2.05, 4.69) is 5.32 Å². The van der Waals surface area contributed by atoms with Crippen molar-refractivity contribution in [1.82, 2.24) is 5.32 Å². The highest BCUT2D eigenvalue weighted by Gasteiger charge is 2.16. The Morgan fingerprint density at radius 2 is 2.10 bits per heavy atom. The summed E-state index contributed by atoms with van der Waals surface area (Å²) in [5.41, 5.74) is 0.168. The number of halogens is 1. The summed E-state index contributed by atoms with van der Waals surface area (Å²) in [6.45, 7) is 0.614. The predicted molar refractivity (Wildman–Crippen MR) is 81.6 cm³/mol. The second kappa shape index (κ2) is 7.41. The van der Waals surface area contributed by atoms with E-state index in [9.17, 15) is 14.9 Å². The van der Waals surface area contributed by atoms with E-state index in [4.69, 9.17) is 11.6 Å². The summed E-state index contributed by atoms with van der Waals surface area (Å²) in [5.74, 6) is 0.534. The van der Waals surface area contributed by atoms with Gasteiger partial charge in [0.15, 0.2) is 0 Å². The Hall–Kier alpha value is -1.62. The smallest absolute Gasteiger partial charge is 0.270 e. The second-order valence-corrected chi connectivity index (χ2v) is 5.88.